The van der Waals surface area contributed by atoms with E-state index in [1.54, 1.807) is 36.4 Å². The van der Waals surface area contributed by atoms with Gasteiger partial charge in [-0.1, -0.05) is 24.0 Å². The molecule has 0 aliphatic carbocycles. The van der Waals surface area contributed by atoms with Crippen LogP contribution in [0.25, 0.3) is 0 Å². The van der Waals surface area contributed by atoms with E-state index in [-0.39, 0.29) is 12.1 Å². The summed E-state index contributed by atoms with van der Waals surface area (Å²) in [4.78, 5) is 23.9. The molecule has 0 spiro atoms. The summed E-state index contributed by atoms with van der Waals surface area (Å²) >= 11 is 0. The van der Waals surface area contributed by atoms with Crippen LogP contribution in [0.4, 0.5) is 0 Å². The van der Waals surface area contributed by atoms with Gasteiger partial charge in [0.15, 0.2) is 5.78 Å². The van der Waals surface area contributed by atoms with Crippen molar-refractivity contribution in [3.8, 4) is 11.8 Å². The molecule has 0 fully saturated rings. The predicted octanol–water partition coefficient (Wildman–Crippen LogP) is 0.176. The summed E-state index contributed by atoms with van der Waals surface area (Å²) in [5.41, 5.74) is 2.40. The Morgan fingerprint density at radius 2 is 1.71 bits per heavy atom. The lowest BCUT2D eigenvalue weighted by Gasteiger charge is -2.19. The standard InChI is InChI=1S/C22H24N2O6S/c1-15(26)21(20(27)14-25)24-22(28)19-10-8-16(9-11-19)6-7-17-4-3-5-18(12-17)13-23-31(2,29)30/h3-5,8-12,15,21,23,25-26H,13-14H2,1-2H3,(H,24,28)/t15-,21-/m1/s1. The van der Waals surface area contributed by atoms with Crippen molar-refractivity contribution in [1.29, 1.82) is 0 Å². The van der Waals surface area contributed by atoms with E-state index in [4.69, 9.17) is 5.11 Å². The molecule has 0 aliphatic rings. The minimum absolute atomic E-state index is 0.171. The van der Waals surface area contributed by atoms with Crippen molar-refractivity contribution in [1.82, 2.24) is 10.0 Å². The number of hydrogen-bond acceptors (Lipinski definition) is 6. The molecule has 2 aromatic rings. The molecule has 0 radical (unpaired) electrons. The highest BCUT2D eigenvalue weighted by molar-refractivity contribution is 7.88. The molecule has 1 amide bonds. The topological polar surface area (TPSA) is 133 Å². The average Bonchev–Trinajstić information content (AvgIpc) is 2.74. The van der Waals surface area contributed by atoms with Crippen molar-refractivity contribution in [3.05, 3.63) is 70.8 Å². The van der Waals surface area contributed by atoms with Gasteiger partial charge in [0.25, 0.3) is 5.91 Å². The molecule has 2 rings (SSSR count). The molecule has 9 heteroatoms. The zero-order valence-electron chi connectivity index (χ0n) is 17.1. The van der Waals surface area contributed by atoms with Crippen molar-refractivity contribution in [3.63, 3.8) is 0 Å². The van der Waals surface area contributed by atoms with Crippen molar-refractivity contribution in [2.75, 3.05) is 12.9 Å². The van der Waals surface area contributed by atoms with Crippen LogP contribution in [0.1, 0.15) is 34.0 Å². The summed E-state index contributed by atoms with van der Waals surface area (Å²) < 4.78 is 24.8. The molecule has 0 unspecified atom stereocenters. The Bertz CT molecular complexity index is 1100. The third kappa shape index (κ3) is 7.96. The van der Waals surface area contributed by atoms with Gasteiger partial charge in [-0.2, -0.15) is 0 Å². The maximum atomic E-state index is 12.3. The molecule has 0 aromatic heterocycles. The lowest BCUT2D eigenvalue weighted by molar-refractivity contribution is -0.125. The summed E-state index contributed by atoms with van der Waals surface area (Å²) in [7, 11) is -3.28. The van der Waals surface area contributed by atoms with Crippen LogP contribution in [0.2, 0.25) is 0 Å². The molecule has 31 heavy (non-hydrogen) atoms. The van der Waals surface area contributed by atoms with Crippen LogP contribution in [0.15, 0.2) is 48.5 Å². The monoisotopic (exact) mass is 444 g/mol. The second-order valence-electron chi connectivity index (χ2n) is 6.94. The molecule has 2 atom stereocenters. The van der Waals surface area contributed by atoms with E-state index in [9.17, 15) is 23.1 Å². The average molecular weight is 445 g/mol. The first-order chi connectivity index (χ1) is 14.6. The van der Waals surface area contributed by atoms with Crippen molar-refractivity contribution >= 4 is 21.7 Å². The van der Waals surface area contributed by atoms with Gasteiger partial charge < -0.3 is 15.5 Å². The Morgan fingerprint density at radius 3 is 2.29 bits per heavy atom. The van der Waals surface area contributed by atoms with Gasteiger partial charge in [0.2, 0.25) is 10.0 Å². The fraction of sp³-hybridized carbons (Fsp3) is 0.273. The maximum absolute atomic E-state index is 12.3. The first-order valence-electron chi connectivity index (χ1n) is 9.37. The highest BCUT2D eigenvalue weighted by Crippen LogP contribution is 2.07. The largest absolute Gasteiger partial charge is 0.391 e. The van der Waals surface area contributed by atoms with Crippen LogP contribution in [0, 0.1) is 11.8 Å². The second kappa shape index (κ2) is 10.8. The van der Waals surface area contributed by atoms with Crippen molar-refractivity contribution in [2.45, 2.75) is 25.6 Å². The number of benzene rings is 2. The third-order valence-corrected chi connectivity index (χ3v) is 4.90. The van der Waals surface area contributed by atoms with Crippen molar-refractivity contribution < 1.29 is 28.2 Å². The van der Waals surface area contributed by atoms with E-state index in [0.717, 1.165) is 11.8 Å². The smallest absolute Gasteiger partial charge is 0.251 e. The number of amides is 1. The maximum Gasteiger partial charge on any atom is 0.251 e. The number of rotatable bonds is 8. The van der Waals surface area contributed by atoms with Crippen LogP contribution in [0.3, 0.4) is 0 Å². The SMILES string of the molecule is C[C@@H](O)[C@@H](NC(=O)c1ccc(C#Cc2cccc(CNS(C)(=O)=O)c2)cc1)C(=O)CO. The quantitative estimate of drug-likeness (QED) is 0.429. The van der Waals surface area contributed by atoms with E-state index < -0.39 is 40.5 Å². The summed E-state index contributed by atoms with van der Waals surface area (Å²) in [5, 5.41) is 21.0. The highest BCUT2D eigenvalue weighted by Gasteiger charge is 2.25. The molecule has 0 saturated heterocycles. The van der Waals surface area contributed by atoms with Gasteiger partial charge >= 0.3 is 0 Å². The number of sulfonamides is 1. The fourth-order valence-electron chi connectivity index (χ4n) is 2.62. The van der Waals surface area contributed by atoms with Gasteiger partial charge in [-0.3, -0.25) is 9.59 Å². The number of aliphatic hydroxyl groups excluding tert-OH is 2. The van der Waals surface area contributed by atoms with Crippen LogP contribution < -0.4 is 10.0 Å². The molecule has 0 aliphatic heterocycles. The number of hydrogen-bond donors (Lipinski definition) is 4. The second-order valence-corrected chi connectivity index (χ2v) is 8.77. The fourth-order valence-corrected chi connectivity index (χ4v) is 3.04. The minimum atomic E-state index is -3.28. The molecule has 0 heterocycles. The highest BCUT2D eigenvalue weighted by atomic mass is 32.2. The number of carbonyl (C=O) groups is 2. The Labute approximate surface area is 181 Å². The Hall–Kier alpha value is -3.03. The molecule has 0 bridgehead atoms. The van der Waals surface area contributed by atoms with E-state index in [1.807, 2.05) is 0 Å². The normalized spacial score (nSPS) is 12.9. The molecular weight excluding hydrogens is 420 g/mol. The number of ketones is 1. The Kier molecular flexibility index (Phi) is 8.47. The van der Waals surface area contributed by atoms with Gasteiger partial charge in [0, 0.05) is 23.2 Å². The minimum Gasteiger partial charge on any atom is -0.391 e. The predicted molar refractivity (Wildman–Crippen MR) is 116 cm³/mol. The number of carbonyl (C=O) groups excluding carboxylic acids is 2. The Morgan fingerprint density at radius 1 is 1.06 bits per heavy atom. The summed E-state index contributed by atoms with van der Waals surface area (Å²) in [6, 6.07) is 12.3. The summed E-state index contributed by atoms with van der Waals surface area (Å²) in [6.45, 7) is 0.740. The molecule has 0 saturated carbocycles. The summed E-state index contributed by atoms with van der Waals surface area (Å²) in [6.07, 6.45) is -0.0487. The van der Waals surface area contributed by atoms with E-state index in [0.29, 0.717) is 11.1 Å². The third-order valence-electron chi connectivity index (χ3n) is 4.24. The van der Waals surface area contributed by atoms with E-state index in [2.05, 4.69) is 21.9 Å². The van der Waals surface area contributed by atoms with Crippen LogP contribution in [-0.2, 0) is 21.4 Å². The van der Waals surface area contributed by atoms with E-state index in [1.165, 1.54) is 19.1 Å². The number of aliphatic hydroxyl groups is 2. The van der Waals surface area contributed by atoms with Gasteiger partial charge in [-0.25, -0.2) is 13.1 Å². The van der Waals surface area contributed by atoms with Gasteiger partial charge in [-0.05, 0) is 48.9 Å². The zero-order valence-corrected chi connectivity index (χ0v) is 17.9. The number of nitrogens with one attached hydrogen (secondary N) is 2. The van der Waals surface area contributed by atoms with Gasteiger partial charge in [-0.15, -0.1) is 0 Å². The molecule has 2 aromatic carbocycles. The summed E-state index contributed by atoms with van der Waals surface area (Å²) in [5.74, 6) is 4.71. The molecule has 8 nitrogen and oxygen atoms in total. The lowest BCUT2D eigenvalue weighted by Crippen LogP contribution is -2.48. The molecule has 4 N–H and O–H groups in total. The zero-order chi connectivity index (χ0) is 23.0. The Balaban J connectivity index is 2.07. The van der Waals surface area contributed by atoms with Crippen molar-refractivity contribution in [2.24, 2.45) is 0 Å². The van der Waals surface area contributed by atoms with Gasteiger partial charge in [0.05, 0.1) is 12.4 Å². The lowest BCUT2D eigenvalue weighted by atomic mass is 10.1. The van der Waals surface area contributed by atoms with Crippen LogP contribution >= 0.6 is 0 Å². The molecular formula is C22H24N2O6S. The first-order valence-corrected chi connectivity index (χ1v) is 11.3. The van der Waals surface area contributed by atoms with Crippen LogP contribution in [-0.4, -0.2) is 55.3 Å². The first kappa shape index (κ1) is 24.2. The number of Topliss-reactive ketones (excluding diaryl/α,β-unsaturated/α-hetero) is 1. The molecule has 164 valence electrons. The van der Waals surface area contributed by atoms with Gasteiger partial charge in [0.1, 0.15) is 12.6 Å². The van der Waals surface area contributed by atoms with E-state index >= 15 is 0 Å². The van der Waals surface area contributed by atoms with Crippen LogP contribution in [0.5, 0.6) is 0 Å².